The summed E-state index contributed by atoms with van der Waals surface area (Å²) in [4.78, 5) is 35.1. The van der Waals surface area contributed by atoms with Crippen LogP contribution < -0.4 is 10.6 Å². The third kappa shape index (κ3) is 6.11. The molecule has 0 aliphatic heterocycles. The number of carbonyl (C=O) groups is 3. The zero-order valence-corrected chi connectivity index (χ0v) is 15.8. The van der Waals surface area contributed by atoms with Crippen molar-refractivity contribution in [3.63, 3.8) is 0 Å². The van der Waals surface area contributed by atoms with Crippen molar-refractivity contribution in [2.24, 2.45) is 0 Å². The van der Waals surface area contributed by atoms with Crippen LogP contribution >= 0.6 is 11.6 Å². The number of amides is 2. The minimum Gasteiger partial charge on any atom is -0.481 e. The van der Waals surface area contributed by atoms with Crippen molar-refractivity contribution >= 4 is 35.1 Å². The number of rotatable bonds is 7. The highest BCUT2D eigenvalue weighted by Gasteiger charge is 2.18. The van der Waals surface area contributed by atoms with Crippen molar-refractivity contribution in [3.05, 3.63) is 64.7 Å². The van der Waals surface area contributed by atoms with Crippen LogP contribution in [0.25, 0.3) is 0 Å². The number of aliphatic carboxylic acids is 1. The van der Waals surface area contributed by atoms with Gasteiger partial charge in [-0.05, 0) is 42.3 Å². The third-order valence-electron chi connectivity index (χ3n) is 4.08. The highest BCUT2D eigenvalue weighted by Crippen LogP contribution is 2.22. The van der Waals surface area contributed by atoms with Crippen molar-refractivity contribution in [1.82, 2.24) is 5.32 Å². The first-order valence-corrected chi connectivity index (χ1v) is 8.79. The summed E-state index contributed by atoms with van der Waals surface area (Å²) in [7, 11) is 0. The monoisotopic (exact) mass is 388 g/mol. The number of halogens is 1. The van der Waals surface area contributed by atoms with Gasteiger partial charge in [0.2, 0.25) is 11.8 Å². The Kier molecular flexibility index (Phi) is 6.96. The number of anilines is 1. The Morgan fingerprint density at radius 3 is 2.33 bits per heavy atom. The van der Waals surface area contributed by atoms with Crippen LogP contribution in [0.5, 0.6) is 0 Å². The molecule has 0 saturated carbocycles. The molecular formula is C20H21ClN2O4. The van der Waals surface area contributed by atoms with Gasteiger partial charge in [0.1, 0.15) is 0 Å². The Morgan fingerprint density at radius 1 is 1.07 bits per heavy atom. The van der Waals surface area contributed by atoms with Crippen LogP contribution in [0.3, 0.4) is 0 Å². The first-order chi connectivity index (χ1) is 12.8. The van der Waals surface area contributed by atoms with E-state index in [1.807, 2.05) is 0 Å². The van der Waals surface area contributed by atoms with Gasteiger partial charge in [-0.3, -0.25) is 14.4 Å². The standard InChI is InChI=1S/C20H21ClN2O4/c1-12(20(26)27)15-4-3-5-17(10-15)23-19(25)11-18(22-13(2)24)14-6-8-16(21)9-7-14/h3-10,12,18H,11H2,1-2H3,(H,22,24)(H,23,25)(H,26,27). The second kappa shape index (κ2) is 9.19. The van der Waals surface area contributed by atoms with Crippen molar-refractivity contribution in [3.8, 4) is 0 Å². The maximum absolute atomic E-state index is 12.5. The Bertz CT molecular complexity index is 836. The predicted octanol–water partition coefficient (Wildman–Crippen LogP) is 3.73. The number of nitrogens with one attached hydrogen (secondary N) is 2. The molecule has 2 rings (SSSR count). The van der Waals surface area contributed by atoms with E-state index < -0.39 is 17.9 Å². The predicted molar refractivity (Wildman–Crippen MR) is 104 cm³/mol. The molecule has 27 heavy (non-hydrogen) atoms. The second-order valence-corrected chi connectivity index (χ2v) is 6.68. The van der Waals surface area contributed by atoms with Crippen LogP contribution in [0.2, 0.25) is 5.02 Å². The zero-order chi connectivity index (χ0) is 20.0. The van der Waals surface area contributed by atoms with Gasteiger partial charge in [0.25, 0.3) is 0 Å². The van der Waals surface area contributed by atoms with Gasteiger partial charge in [-0.25, -0.2) is 0 Å². The molecule has 7 heteroatoms. The molecule has 142 valence electrons. The first kappa shape index (κ1) is 20.5. The number of carboxylic acid groups (broad SMARTS) is 1. The van der Waals surface area contributed by atoms with Crippen molar-refractivity contribution in [1.29, 1.82) is 0 Å². The fourth-order valence-electron chi connectivity index (χ4n) is 2.62. The van der Waals surface area contributed by atoms with Gasteiger partial charge in [-0.2, -0.15) is 0 Å². The molecule has 0 aliphatic carbocycles. The van der Waals surface area contributed by atoms with Crippen LogP contribution in [0, 0.1) is 0 Å². The smallest absolute Gasteiger partial charge is 0.310 e. The molecule has 0 heterocycles. The Morgan fingerprint density at radius 2 is 1.74 bits per heavy atom. The fraction of sp³-hybridized carbons (Fsp3) is 0.250. The lowest BCUT2D eigenvalue weighted by Gasteiger charge is -2.18. The molecule has 2 aromatic rings. The van der Waals surface area contributed by atoms with Gasteiger partial charge < -0.3 is 15.7 Å². The topological polar surface area (TPSA) is 95.5 Å². The van der Waals surface area contributed by atoms with E-state index in [0.717, 1.165) is 5.56 Å². The molecule has 0 fully saturated rings. The molecule has 0 spiro atoms. The average Bonchev–Trinajstić information content (AvgIpc) is 2.60. The van der Waals surface area contributed by atoms with E-state index in [1.165, 1.54) is 6.92 Å². The molecule has 0 radical (unpaired) electrons. The lowest BCUT2D eigenvalue weighted by Crippen LogP contribution is -2.29. The van der Waals surface area contributed by atoms with E-state index in [1.54, 1.807) is 55.5 Å². The summed E-state index contributed by atoms with van der Waals surface area (Å²) in [6, 6.07) is 13.1. The Labute approximate surface area is 162 Å². The third-order valence-corrected chi connectivity index (χ3v) is 4.33. The van der Waals surface area contributed by atoms with Crippen molar-refractivity contribution in [2.75, 3.05) is 5.32 Å². The average molecular weight is 389 g/mol. The number of carbonyl (C=O) groups excluding carboxylic acids is 2. The number of hydrogen-bond donors (Lipinski definition) is 3. The molecule has 0 aliphatic rings. The minimum absolute atomic E-state index is 0.0277. The largest absolute Gasteiger partial charge is 0.481 e. The van der Waals surface area contributed by atoms with Gasteiger partial charge in [-0.1, -0.05) is 35.9 Å². The summed E-state index contributed by atoms with van der Waals surface area (Å²) in [6.07, 6.45) is 0.0277. The number of hydrogen-bond acceptors (Lipinski definition) is 3. The van der Waals surface area contributed by atoms with Gasteiger partial charge in [0, 0.05) is 17.6 Å². The van der Waals surface area contributed by atoms with E-state index in [-0.39, 0.29) is 18.2 Å². The van der Waals surface area contributed by atoms with Crippen LogP contribution in [0.4, 0.5) is 5.69 Å². The molecule has 0 saturated heterocycles. The quantitative estimate of drug-likeness (QED) is 0.673. The lowest BCUT2D eigenvalue weighted by molar-refractivity contribution is -0.138. The summed E-state index contributed by atoms with van der Waals surface area (Å²) in [6.45, 7) is 2.97. The molecule has 2 atom stereocenters. The first-order valence-electron chi connectivity index (χ1n) is 8.41. The van der Waals surface area contributed by atoms with Crippen LogP contribution in [-0.2, 0) is 14.4 Å². The molecule has 2 unspecified atom stereocenters. The van der Waals surface area contributed by atoms with Gasteiger partial charge in [-0.15, -0.1) is 0 Å². The van der Waals surface area contributed by atoms with E-state index in [9.17, 15) is 14.4 Å². The Balaban J connectivity index is 2.11. The van der Waals surface area contributed by atoms with Crippen molar-refractivity contribution < 1.29 is 19.5 Å². The minimum atomic E-state index is -0.938. The number of benzene rings is 2. The highest BCUT2D eigenvalue weighted by atomic mass is 35.5. The SMILES string of the molecule is CC(=O)NC(CC(=O)Nc1cccc(C(C)C(=O)O)c1)c1ccc(Cl)cc1. The molecule has 2 amide bonds. The number of carboxylic acids is 1. The van der Waals surface area contributed by atoms with E-state index >= 15 is 0 Å². The zero-order valence-electron chi connectivity index (χ0n) is 15.0. The summed E-state index contributed by atoms with van der Waals surface area (Å²) >= 11 is 5.89. The lowest BCUT2D eigenvalue weighted by atomic mass is 10.0. The van der Waals surface area contributed by atoms with Gasteiger partial charge >= 0.3 is 5.97 Å². The molecule has 6 nitrogen and oxygen atoms in total. The van der Waals surface area contributed by atoms with Crippen LogP contribution in [0.1, 0.15) is 43.4 Å². The second-order valence-electron chi connectivity index (χ2n) is 6.24. The summed E-state index contributed by atoms with van der Waals surface area (Å²) in [5, 5.41) is 15.2. The molecule has 0 aromatic heterocycles. The maximum atomic E-state index is 12.5. The molecule has 3 N–H and O–H groups in total. The van der Waals surface area contributed by atoms with Crippen molar-refractivity contribution in [2.45, 2.75) is 32.2 Å². The van der Waals surface area contributed by atoms with E-state index in [2.05, 4.69) is 10.6 Å². The summed E-state index contributed by atoms with van der Waals surface area (Å²) < 4.78 is 0. The van der Waals surface area contributed by atoms with Gasteiger partial charge in [0.05, 0.1) is 18.4 Å². The molecule has 2 aromatic carbocycles. The van der Waals surface area contributed by atoms with E-state index in [0.29, 0.717) is 16.3 Å². The van der Waals surface area contributed by atoms with Gasteiger partial charge in [0.15, 0.2) is 0 Å². The summed E-state index contributed by atoms with van der Waals surface area (Å²) in [5.41, 5.74) is 1.86. The fourth-order valence-corrected chi connectivity index (χ4v) is 2.74. The molecule has 0 bridgehead atoms. The van der Waals surface area contributed by atoms with Crippen LogP contribution in [0.15, 0.2) is 48.5 Å². The van der Waals surface area contributed by atoms with E-state index in [4.69, 9.17) is 16.7 Å². The van der Waals surface area contributed by atoms with Crippen LogP contribution in [-0.4, -0.2) is 22.9 Å². The summed E-state index contributed by atoms with van der Waals surface area (Å²) in [5.74, 6) is -2.17. The Hall–Kier alpha value is -2.86. The molecular weight excluding hydrogens is 368 g/mol. The maximum Gasteiger partial charge on any atom is 0.310 e. The highest BCUT2D eigenvalue weighted by molar-refractivity contribution is 6.30. The normalized spacial score (nSPS) is 12.7.